The Morgan fingerprint density at radius 3 is 0.847 bits per heavy atom. The normalized spacial score (nSPS) is 12.4. The van der Waals surface area contributed by atoms with E-state index in [2.05, 4.69) is 19.2 Å². The Bertz CT molecular complexity index is 1040. The highest BCUT2D eigenvalue weighted by Crippen LogP contribution is 2.19. The molecule has 430 valence electrons. The maximum absolute atomic E-state index is 12.5. The van der Waals surface area contributed by atoms with E-state index in [1.807, 2.05) is 0 Å². The summed E-state index contributed by atoms with van der Waals surface area (Å²) >= 11 is 0. The van der Waals surface area contributed by atoms with Gasteiger partial charge in [0.15, 0.2) is 0 Å². The van der Waals surface area contributed by atoms with Crippen molar-refractivity contribution >= 4 is 11.9 Å². The number of hydrogen-bond acceptors (Lipinski definition) is 5. The van der Waals surface area contributed by atoms with Crippen molar-refractivity contribution in [3.63, 3.8) is 0 Å². The van der Waals surface area contributed by atoms with Crippen LogP contribution in [0.4, 0.5) is 0 Å². The van der Waals surface area contributed by atoms with Crippen LogP contribution in [-0.2, 0) is 14.3 Å². The Balaban J connectivity index is 3.30. The zero-order valence-electron chi connectivity index (χ0n) is 49.2. The van der Waals surface area contributed by atoms with Gasteiger partial charge in [0.25, 0.3) is 0 Å². The first kappa shape index (κ1) is 70.9. The summed E-state index contributed by atoms with van der Waals surface area (Å²) in [5.41, 5.74) is 0. The van der Waals surface area contributed by atoms with Crippen molar-refractivity contribution in [1.29, 1.82) is 0 Å². The Labute approximate surface area is 451 Å². The Kier molecular flexibility index (Phi) is 61.4. The second kappa shape index (κ2) is 62.4. The molecule has 0 aromatic heterocycles. The van der Waals surface area contributed by atoms with Crippen molar-refractivity contribution < 1.29 is 24.5 Å². The fraction of sp³-hybridized carbons (Fsp3) is 0.970. The van der Waals surface area contributed by atoms with Crippen molar-refractivity contribution in [2.24, 2.45) is 0 Å². The van der Waals surface area contributed by atoms with E-state index in [9.17, 15) is 19.8 Å². The van der Waals surface area contributed by atoms with Gasteiger partial charge in [-0.25, -0.2) is 0 Å². The monoisotopic (exact) mass is 1020 g/mol. The van der Waals surface area contributed by atoms with Crippen molar-refractivity contribution in [2.75, 3.05) is 13.2 Å². The molecule has 0 heterocycles. The summed E-state index contributed by atoms with van der Waals surface area (Å²) < 4.78 is 5.51. The Hall–Kier alpha value is -1.14. The maximum Gasteiger partial charge on any atom is 0.305 e. The maximum atomic E-state index is 12.5. The molecule has 72 heavy (non-hydrogen) atoms. The predicted molar refractivity (Wildman–Crippen MR) is 315 cm³/mol. The molecule has 0 fully saturated rings. The van der Waals surface area contributed by atoms with Crippen LogP contribution in [0.3, 0.4) is 0 Å². The number of aliphatic hydroxyl groups is 2. The van der Waals surface area contributed by atoms with Crippen LogP contribution in [0, 0.1) is 0 Å². The molecule has 0 aromatic rings. The fourth-order valence-corrected chi connectivity index (χ4v) is 10.8. The number of amides is 1. The molecule has 0 rings (SSSR count). The van der Waals surface area contributed by atoms with Crippen LogP contribution in [0.25, 0.3) is 0 Å². The number of hydrogen-bond donors (Lipinski definition) is 3. The van der Waals surface area contributed by atoms with Gasteiger partial charge in [0.2, 0.25) is 5.91 Å². The number of unbranched alkanes of at least 4 members (excludes halogenated alkanes) is 52. The topological polar surface area (TPSA) is 95.9 Å². The highest BCUT2D eigenvalue weighted by Gasteiger charge is 2.20. The lowest BCUT2D eigenvalue weighted by atomic mass is 10.0. The van der Waals surface area contributed by atoms with Crippen molar-refractivity contribution in [1.82, 2.24) is 5.32 Å². The fourth-order valence-electron chi connectivity index (χ4n) is 10.8. The Morgan fingerprint density at radius 1 is 0.333 bits per heavy atom. The molecule has 0 aromatic carbocycles. The SMILES string of the molecule is CCCCCCCCCCCCCCCCCCCCCC(=O)OCCCCCCCCCCCCCCCCCCCCCCCCCCCC(=O)NC(CO)C(O)CCCCCCCCCCCCC. The molecule has 2 atom stereocenters. The summed E-state index contributed by atoms with van der Waals surface area (Å²) in [7, 11) is 0. The van der Waals surface area contributed by atoms with Crippen molar-refractivity contribution in [3.05, 3.63) is 0 Å². The molecule has 0 saturated heterocycles. The molecule has 0 bridgehead atoms. The molecular formula is C66H131NO5. The third-order valence-electron chi connectivity index (χ3n) is 15.9. The van der Waals surface area contributed by atoms with Crippen LogP contribution in [0.1, 0.15) is 386 Å². The molecule has 2 unspecified atom stereocenters. The van der Waals surface area contributed by atoms with Gasteiger partial charge in [0, 0.05) is 12.8 Å². The molecule has 0 saturated carbocycles. The lowest BCUT2D eigenvalue weighted by Gasteiger charge is -2.22. The smallest absolute Gasteiger partial charge is 0.305 e. The van der Waals surface area contributed by atoms with Crippen LogP contribution >= 0.6 is 0 Å². The quantitative estimate of drug-likeness (QED) is 0.0417. The van der Waals surface area contributed by atoms with Gasteiger partial charge in [-0.2, -0.15) is 0 Å². The molecule has 0 spiro atoms. The van der Waals surface area contributed by atoms with Gasteiger partial charge >= 0.3 is 5.97 Å². The minimum Gasteiger partial charge on any atom is -0.466 e. The second-order valence-electron chi connectivity index (χ2n) is 23.2. The molecular weight excluding hydrogens is 887 g/mol. The molecule has 0 aliphatic carbocycles. The largest absolute Gasteiger partial charge is 0.466 e. The summed E-state index contributed by atoms with van der Waals surface area (Å²) in [6.07, 6.45) is 74.3. The highest BCUT2D eigenvalue weighted by molar-refractivity contribution is 5.76. The van der Waals surface area contributed by atoms with E-state index in [4.69, 9.17) is 4.74 Å². The molecule has 0 aliphatic rings. The minimum absolute atomic E-state index is 0.0222. The zero-order chi connectivity index (χ0) is 52.2. The average Bonchev–Trinajstić information content (AvgIpc) is 3.38. The number of rotatable bonds is 63. The van der Waals surface area contributed by atoms with Crippen LogP contribution < -0.4 is 5.32 Å². The number of ether oxygens (including phenoxy) is 1. The van der Waals surface area contributed by atoms with E-state index in [0.29, 0.717) is 25.9 Å². The van der Waals surface area contributed by atoms with E-state index in [1.54, 1.807) is 0 Å². The van der Waals surface area contributed by atoms with Gasteiger partial charge < -0.3 is 20.3 Å². The molecule has 1 amide bonds. The molecule has 0 radical (unpaired) electrons. The second-order valence-corrected chi connectivity index (χ2v) is 23.2. The van der Waals surface area contributed by atoms with Crippen molar-refractivity contribution in [3.8, 4) is 0 Å². The Morgan fingerprint density at radius 2 is 0.569 bits per heavy atom. The zero-order valence-corrected chi connectivity index (χ0v) is 49.2. The first-order valence-electron chi connectivity index (χ1n) is 33.3. The van der Waals surface area contributed by atoms with Crippen LogP contribution in [0.15, 0.2) is 0 Å². The number of carbonyl (C=O) groups excluding carboxylic acids is 2. The van der Waals surface area contributed by atoms with Crippen LogP contribution in [0.5, 0.6) is 0 Å². The molecule has 3 N–H and O–H groups in total. The van der Waals surface area contributed by atoms with Gasteiger partial charge in [-0.1, -0.05) is 348 Å². The van der Waals surface area contributed by atoms with E-state index in [-0.39, 0.29) is 18.5 Å². The van der Waals surface area contributed by atoms with Gasteiger partial charge in [-0.3, -0.25) is 9.59 Å². The standard InChI is InChI=1S/C66H131NO5/c1-3-5-7-9-11-13-15-16-17-18-26-30-33-36-40-44-48-52-56-60-66(71)72-61-57-53-49-45-41-37-34-31-28-25-23-21-19-20-22-24-27-29-32-35-39-43-47-51-55-59-65(70)67-63(62-68)64(69)58-54-50-46-42-38-14-12-10-8-6-4-2/h63-64,68-69H,3-62H2,1-2H3,(H,67,70). The first-order valence-corrected chi connectivity index (χ1v) is 33.3. The molecule has 0 aliphatic heterocycles. The third-order valence-corrected chi connectivity index (χ3v) is 15.9. The average molecular weight is 1020 g/mol. The molecule has 6 nitrogen and oxygen atoms in total. The van der Waals surface area contributed by atoms with E-state index in [1.165, 1.54) is 315 Å². The summed E-state index contributed by atoms with van der Waals surface area (Å²) in [5, 5.41) is 23.2. The van der Waals surface area contributed by atoms with E-state index >= 15 is 0 Å². The van der Waals surface area contributed by atoms with Gasteiger partial charge in [-0.05, 0) is 25.7 Å². The minimum atomic E-state index is -0.660. The first-order chi connectivity index (χ1) is 35.5. The summed E-state index contributed by atoms with van der Waals surface area (Å²) in [5.74, 6) is -0.00955. The number of esters is 1. The number of carbonyl (C=O) groups is 2. The molecule has 6 heteroatoms. The summed E-state index contributed by atoms with van der Waals surface area (Å²) in [6, 6.07) is -0.537. The van der Waals surface area contributed by atoms with Gasteiger partial charge in [-0.15, -0.1) is 0 Å². The highest BCUT2D eigenvalue weighted by atomic mass is 16.5. The number of aliphatic hydroxyl groups excluding tert-OH is 2. The van der Waals surface area contributed by atoms with Crippen molar-refractivity contribution in [2.45, 2.75) is 398 Å². The number of nitrogens with one attached hydrogen (secondary N) is 1. The van der Waals surface area contributed by atoms with Gasteiger partial charge in [0.1, 0.15) is 0 Å². The lowest BCUT2D eigenvalue weighted by Crippen LogP contribution is -2.45. The van der Waals surface area contributed by atoms with E-state index in [0.717, 1.165) is 38.5 Å². The summed E-state index contributed by atoms with van der Waals surface area (Å²) in [4.78, 5) is 24.6. The lowest BCUT2D eigenvalue weighted by molar-refractivity contribution is -0.143. The van der Waals surface area contributed by atoms with Crippen LogP contribution in [-0.4, -0.2) is 47.4 Å². The van der Waals surface area contributed by atoms with Crippen LogP contribution in [0.2, 0.25) is 0 Å². The predicted octanol–water partition coefficient (Wildman–Crippen LogP) is 21.0. The third kappa shape index (κ3) is 58.1. The van der Waals surface area contributed by atoms with Gasteiger partial charge in [0.05, 0.1) is 25.4 Å². The summed E-state index contributed by atoms with van der Waals surface area (Å²) in [6.45, 7) is 4.98. The van der Waals surface area contributed by atoms with E-state index < -0.39 is 12.1 Å².